The summed E-state index contributed by atoms with van der Waals surface area (Å²) in [6, 6.07) is 5.63. The number of anilines is 1. The summed E-state index contributed by atoms with van der Waals surface area (Å²) in [4.78, 5) is 9.14. The molecular weight excluding hydrogens is 414 g/mol. The molecule has 0 amide bonds. The Morgan fingerprint density at radius 3 is 2.67 bits per heavy atom. The molecule has 33 heavy (non-hydrogen) atoms. The van der Waals surface area contributed by atoms with E-state index >= 15 is 0 Å². The van der Waals surface area contributed by atoms with Crippen molar-refractivity contribution in [2.75, 3.05) is 11.9 Å². The molecule has 0 saturated heterocycles. The van der Waals surface area contributed by atoms with Gasteiger partial charge in [-0.1, -0.05) is 13.8 Å². The highest BCUT2D eigenvalue weighted by Gasteiger charge is 2.18. The lowest BCUT2D eigenvalue weighted by molar-refractivity contribution is 0.109. The molecule has 1 fully saturated rings. The Bertz CT molecular complexity index is 1050. The summed E-state index contributed by atoms with van der Waals surface area (Å²) in [6.07, 6.45) is 11.9. The van der Waals surface area contributed by atoms with Crippen molar-refractivity contribution < 1.29 is 5.11 Å². The highest BCUT2D eigenvalue weighted by molar-refractivity contribution is 6.08. The maximum Gasteiger partial charge on any atom is 0.132 e. The number of allylic oxidation sites excluding steroid dienone is 3. The number of aromatic nitrogens is 2. The Kier molecular flexibility index (Phi) is 8.43. The van der Waals surface area contributed by atoms with E-state index in [4.69, 9.17) is 16.9 Å². The van der Waals surface area contributed by atoms with Gasteiger partial charge in [0.15, 0.2) is 0 Å². The zero-order chi connectivity index (χ0) is 23.8. The van der Waals surface area contributed by atoms with Gasteiger partial charge in [-0.15, -0.1) is 0 Å². The number of rotatable bonds is 9. The minimum Gasteiger partial charge on any atom is -0.404 e. The Morgan fingerprint density at radius 2 is 2.00 bits per heavy atom. The fourth-order valence-corrected chi connectivity index (χ4v) is 3.90. The Hall–Kier alpha value is -3.39. The summed E-state index contributed by atoms with van der Waals surface area (Å²) in [5.41, 5.74) is 15.7. The van der Waals surface area contributed by atoms with Crippen LogP contribution in [0.15, 0.2) is 54.3 Å². The lowest BCUT2D eigenvalue weighted by atomic mass is 9.87. The van der Waals surface area contributed by atoms with Crippen LogP contribution in [-0.2, 0) is 0 Å². The molecule has 8 heteroatoms. The van der Waals surface area contributed by atoms with E-state index in [0.717, 1.165) is 54.5 Å². The highest BCUT2D eigenvalue weighted by Crippen LogP contribution is 2.24. The molecule has 8 nitrogen and oxygen atoms in total. The van der Waals surface area contributed by atoms with Crippen molar-refractivity contribution >= 4 is 28.6 Å². The van der Waals surface area contributed by atoms with Gasteiger partial charge in [0.05, 0.1) is 17.1 Å². The van der Waals surface area contributed by atoms with Crippen molar-refractivity contribution in [2.24, 2.45) is 23.3 Å². The molecule has 1 aliphatic carbocycles. The molecule has 3 rings (SSSR count). The van der Waals surface area contributed by atoms with Crippen molar-refractivity contribution in [3.63, 3.8) is 0 Å². The van der Waals surface area contributed by atoms with Crippen LogP contribution in [0.1, 0.15) is 45.1 Å². The zero-order valence-electron chi connectivity index (χ0n) is 19.4. The first kappa shape index (κ1) is 24.3. The van der Waals surface area contributed by atoms with E-state index in [1.807, 2.05) is 38.2 Å². The second-order valence-electron chi connectivity index (χ2n) is 8.83. The number of hydrogen-bond donors (Lipinski definition) is 6. The number of pyridine rings is 2. The van der Waals surface area contributed by atoms with Crippen molar-refractivity contribution in [3.05, 3.63) is 59.8 Å². The lowest BCUT2D eigenvalue weighted by Gasteiger charge is -2.25. The Balaban J connectivity index is 1.73. The number of fused-ring (bicyclic) bond motifs is 1. The van der Waals surface area contributed by atoms with Gasteiger partial charge in [0, 0.05) is 36.3 Å². The standard InChI is InChI=1S/C25H35N7O/c1-16(2)18(11-26)10-24(28)32-25-8-7-22-23(31-25)9-19(15-30-22)20(12-27)14-29-13-17-3-5-21(33)6-4-17/h7-12,14-17,21,27,29,33H,3-6,13,26,28H2,1-2H3,(H,31,32)/b18-11+,20-14+,24-10+,27-12?/t17-,21-. The van der Waals surface area contributed by atoms with Gasteiger partial charge < -0.3 is 32.6 Å². The van der Waals surface area contributed by atoms with Gasteiger partial charge >= 0.3 is 0 Å². The normalized spacial score (nSPS) is 20.2. The fourth-order valence-electron chi connectivity index (χ4n) is 3.90. The zero-order valence-corrected chi connectivity index (χ0v) is 19.4. The van der Waals surface area contributed by atoms with Gasteiger partial charge in [0.1, 0.15) is 11.6 Å². The summed E-state index contributed by atoms with van der Waals surface area (Å²) in [5, 5.41) is 23.9. The first-order valence-corrected chi connectivity index (χ1v) is 11.4. The molecule has 0 aromatic carbocycles. The van der Waals surface area contributed by atoms with Crippen LogP contribution in [0.5, 0.6) is 0 Å². The van der Waals surface area contributed by atoms with Crippen molar-refractivity contribution in [2.45, 2.75) is 45.6 Å². The van der Waals surface area contributed by atoms with E-state index in [1.165, 1.54) is 6.21 Å². The second-order valence-corrected chi connectivity index (χ2v) is 8.83. The van der Waals surface area contributed by atoms with Crippen LogP contribution in [0.25, 0.3) is 16.6 Å². The van der Waals surface area contributed by atoms with Crippen LogP contribution in [-0.4, -0.2) is 33.9 Å². The summed E-state index contributed by atoms with van der Waals surface area (Å²) in [7, 11) is 0. The predicted octanol–water partition coefficient (Wildman–Crippen LogP) is 3.47. The van der Waals surface area contributed by atoms with Crippen LogP contribution < -0.4 is 22.1 Å². The summed E-state index contributed by atoms with van der Waals surface area (Å²) >= 11 is 0. The topological polar surface area (TPSA) is 146 Å². The van der Waals surface area contributed by atoms with Gasteiger partial charge in [0.25, 0.3) is 0 Å². The maximum atomic E-state index is 9.66. The molecule has 8 N–H and O–H groups in total. The fraction of sp³-hybridized carbons (Fsp3) is 0.400. The van der Waals surface area contributed by atoms with Crippen LogP contribution in [0.2, 0.25) is 0 Å². The highest BCUT2D eigenvalue weighted by atomic mass is 16.3. The van der Waals surface area contributed by atoms with Crippen LogP contribution >= 0.6 is 0 Å². The number of nitrogens with one attached hydrogen (secondary N) is 3. The maximum absolute atomic E-state index is 9.66. The van der Waals surface area contributed by atoms with Crippen molar-refractivity contribution in [1.82, 2.24) is 15.3 Å². The van der Waals surface area contributed by atoms with Gasteiger partial charge in [-0.05, 0) is 73.6 Å². The molecule has 0 bridgehead atoms. The minimum atomic E-state index is -0.148. The molecule has 2 aromatic rings. The van der Waals surface area contributed by atoms with E-state index in [-0.39, 0.29) is 12.0 Å². The minimum absolute atomic E-state index is 0.148. The number of hydrogen-bond acceptors (Lipinski definition) is 8. The monoisotopic (exact) mass is 449 g/mol. The molecule has 1 aliphatic rings. The van der Waals surface area contributed by atoms with E-state index in [9.17, 15) is 5.11 Å². The third kappa shape index (κ3) is 6.79. The molecule has 0 spiro atoms. The largest absolute Gasteiger partial charge is 0.404 e. The third-order valence-corrected chi connectivity index (χ3v) is 5.96. The summed E-state index contributed by atoms with van der Waals surface area (Å²) in [6.45, 7) is 4.93. The lowest BCUT2D eigenvalue weighted by Crippen LogP contribution is -2.25. The summed E-state index contributed by atoms with van der Waals surface area (Å²) in [5.74, 6) is 1.87. The van der Waals surface area contributed by atoms with Gasteiger partial charge in [-0.3, -0.25) is 4.98 Å². The molecule has 1 saturated carbocycles. The third-order valence-electron chi connectivity index (χ3n) is 5.96. The molecule has 0 atom stereocenters. The van der Waals surface area contributed by atoms with E-state index in [2.05, 4.69) is 20.6 Å². The number of nitrogens with two attached hydrogens (primary N) is 2. The molecule has 176 valence electrons. The molecule has 0 aliphatic heterocycles. The number of aliphatic hydroxyl groups is 1. The molecule has 2 aromatic heterocycles. The molecule has 0 radical (unpaired) electrons. The van der Waals surface area contributed by atoms with Gasteiger partial charge in [0.2, 0.25) is 0 Å². The first-order chi connectivity index (χ1) is 15.9. The summed E-state index contributed by atoms with van der Waals surface area (Å²) < 4.78 is 0. The average Bonchev–Trinajstić information content (AvgIpc) is 2.81. The molecular formula is C25H35N7O. The Morgan fingerprint density at radius 1 is 1.24 bits per heavy atom. The predicted molar refractivity (Wildman–Crippen MR) is 135 cm³/mol. The van der Waals surface area contributed by atoms with Crippen LogP contribution in [0.3, 0.4) is 0 Å². The van der Waals surface area contributed by atoms with Crippen LogP contribution in [0, 0.1) is 17.2 Å². The Labute approximate surface area is 195 Å². The van der Waals surface area contributed by atoms with Crippen molar-refractivity contribution in [3.8, 4) is 0 Å². The number of nitrogens with zero attached hydrogens (tertiary/aromatic N) is 2. The molecule has 2 heterocycles. The smallest absolute Gasteiger partial charge is 0.132 e. The van der Waals surface area contributed by atoms with Crippen LogP contribution in [0.4, 0.5) is 5.82 Å². The number of aliphatic hydroxyl groups excluding tert-OH is 1. The van der Waals surface area contributed by atoms with E-state index in [0.29, 0.717) is 23.1 Å². The second kappa shape index (κ2) is 11.5. The molecule has 0 unspecified atom stereocenters. The first-order valence-electron chi connectivity index (χ1n) is 11.4. The van der Waals surface area contributed by atoms with Crippen molar-refractivity contribution in [1.29, 1.82) is 5.41 Å². The quantitative estimate of drug-likeness (QED) is 0.254. The van der Waals surface area contributed by atoms with E-state index < -0.39 is 0 Å². The SMILES string of the molecule is CC(C)C(=C/N)/C=C(\N)Nc1ccc2ncc(/C(C=N)=C/NC[C@H]3CC[C@H](O)CC3)cc2n1. The van der Waals surface area contributed by atoms with E-state index in [1.54, 1.807) is 18.5 Å². The average molecular weight is 450 g/mol. The van der Waals surface area contributed by atoms with Gasteiger partial charge in [-0.2, -0.15) is 0 Å². The van der Waals surface area contributed by atoms with Gasteiger partial charge in [-0.25, -0.2) is 4.98 Å².